The number of hydrogen-bond donors (Lipinski definition) is 2. The smallest absolute Gasteiger partial charge is 0.00399 e. The van der Waals surface area contributed by atoms with E-state index in [1.807, 2.05) is 0 Å². The Labute approximate surface area is 70.6 Å². The molecule has 0 aliphatic heterocycles. The standard InChI is InChI=1S/C6H14N2.Pt/c7-5-1-2-6(8)4-3-5;/h5-6H,1-4,7-8H2;. The first-order chi connectivity index (χ1) is 3.79. The largest absolute Gasteiger partial charge is 0.328 e. The van der Waals surface area contributed by atoms with Crippen molar-refractivity contribution >= 4 is 0 Å². The average Bonchev–Trinajstić information content (AvgIpc) is 1.77. The summed E-state index contributed by atoms with van der Waals surface area (Å²) in [6.45, 7) is 0. The molecule has 0 radical (unpaired) electrons. The number of hydrogen-bond acceptors (Lipinski definition) is 2. The molecule has 1 fully saturated rings. The molecular formula is C6H14N2Pt. The fourth-order valence-electron chi connectivity index (χ4n) is 1.14. The molecule has 1 rings (SSSR count). The van der Waals surface area contributed by atoms with Gasteiger partial charge in [-0.1, -0.05) is 0 Å². The average molecular weight is 309 g/mol. The van der Waals surface area contributed by atoms with Gasteiger partial charge in [-0.05, 0) is 25.7 Å². The molecule has 0 aromatic carbocycles. The van der Waals surface area contributed by atoms with Crippen molar-refractivity contribution < 1.29 is 21.1 Å². The summed E-state index contributed by atoms with van der Waals surface area (Å²) in [5.41, 5.74) is 11.3. The Hall–Kier alpha value is 0.608. The molecule has 0 aromatic rings. The van der Waals surface area contributed by atoms with Crippen molar-refractivity contribution in [2.75, 3.05) is 0 Å². The topological polar surface area (TPSA) is 52.0 Å². The molecule has 9 heavy (non-hydrogen) atoms. The van der Waals surface area contributed by atoms with Crippen LogP contribution >= 0.6 is 0 Å². The Bertz CT molecular complexity index is 59.5. The van der Waals surface area contributed by atoms with Crippen molar-refractivity contribution in [3.05, 3.63) is 0 Å². The second-order valence-electron chi connectivity index (χ2n) is 2.67. The maximum Gasteiger partial charge on any atom is 0.00399 e. The van der Waals surface area contributed by atoms with Crippen LogP contribution in [0.4, 0.5) is 0 Å². The van der Waals surface area contributed by atoms with E-state index in [1.165, 1.54) is 0 Å². The van der Waals surface area contributed by atoms with Crippen LogP contribution in [0, 0.1) is 0 Å². The third-order valence-electron chi connectivity index (χ3n) is 1.82. The molecule has 1 saturated carbocycles. The van der Waals surface area contributed by atoms with Gasteiger partial charge in [-0.3, -0.25) is 0 Å². The molecule has 0 saturated heterocycles. The van der Waals surface area contributed by atoms with E-state index in [2.05, 4.69) is 0 Å². The molecule has 1 aliphatic carbocycles. The molecule has 0 aromatic heterocycles. The van der Waals surface area contributed by atoms with Crippen LogP contribution in [-0.2, 0) is 21.1 Å². The molecule has 2 nitrogen and oxygen atoms in total. The van der Waals surface area contributed by atoms with Crippen LogP contribution in [0.1, 0.15) is 25.7 Å². The molecule has 0 unspecified atom stereocenters. The maximum atomic E-state index is 5.64. The molecular weight excluding hydrogens is 295 g/mol. The molecule has 3 heteroatoms. The molecule has 0 amide bonds. The van der Waals surface area contributed by atoms with Crippen molar-refractivity contribution in [1.82, 2.24) is 0 Å². The quantitative estimate of drug-likeness (QED) is 0.672. The van der Waals surface area contributed by atoms with Crippen LogP contribution in [0.3, 0.4) is 0 Å². The van der Waals surface area contributed by atoms with Gasteiger partial charge in [0.2, 0.25) is 0 Å². The van der Waals surface area contributed by atoms with Crippen molar-refractivity contribution in [3.8, 4) is 0 Å². The van der Waals surface area contributed by atoms with Gasteiger partial charge in [-0.2, -0.15) is 0 Å². The fraction of sp³-hybridized carbons (Fsp3) is 1.00. The van der Waals surface area contributed by atoms with E-state index in [4.69, 9.17) is 11.5 Å². The maximum absolute atomic E-state index is 5.64. The summed E-state index contributed by atoms with van der Waals surface area (Å²) in [6.07, 6.45) is 4.50. The first-order valence-corrected chi connectivity index (χ1v) is 3.30. The van der Waals surface area contributed by atoms with Gasteiger partial charge >= 0.3 is 0 Å². The molecule has 4 N–H and O–H groups in total. The molecule has 0 atom stereocenters. The summed E-state index contributed by atoms with van der Waals surface area (Å²) in [4.78, 5) is 0. The third kappa shape index (κ3) is 3.34. The minimum absolute atomic E-state index is 0. The zero-order chi connectivity index (χ0) is 5.98. The van der Waals surface area contributed by atoms with E-state index in [-0.39, 0.29) is 21.1 Å². The van der Waals surface area contributed by atoms with Crippen LogP contribution in [0.25, 0.3) is 0 Å². The van der Waals surface area contributed by atoms with Gasteiger partial charge in [-0.15, -0.1) is 0 Å². The normalized spacial score (nSPS) is 35.3. The van der Waals surface area contributed by atoms with Gasteiger partial charge in [0.15, 0.2) is 0 Å². The Balaban J connectivity index is 0.000000640. The summed E-state index contributed by atoms with van der Waals surface area (Å²) in [6, 6.07) is 0.879. The summed E-state index contributed by atoms with van der Waals surface area (Å²) in [7, 11) is 0. The fourth-order valence-corrected chi connectivity index (χ4v) is 1.14. The molecule has 1 aliphatic rings. The zero-order valence-corrected chi connectivity index (χ0v) is 7.73. The van der Waals surface area contributed by atoms with E-state index in [0.717, 1.165) is 25.7 Å². The summed E-state index contributed by atoms with van der Waals surface area (Å²) in [5.74, 6) is 0. The van der Waals surface area contributed by atoms with E-state index >= 15 is 0 Å². The van der Waals surface area contributed by atoms with E-state index in [9.17, 15) is 0 Å². The zero-order valence-electron chi connectivity index (χ0n) is 5.45. The first kappa shape index (κ1) is 9.61. The van der Waals surface area contributed by atoms with Gasteiger partial charge in [0.25, 0.3) is 0 Å². The van der Waals surface area contributed by atoms with Crippen molar-refractivity contribution in [2.24, 2.45) is 11.5 Å². The second-order valence-corrected chi connectivity index (χ2v) is 2.67. The van der Waals surface area contributed by atoms with Gasteiger partial charge in [0.05, 0.1) is 0 Å². The van der Waals surface area contributed by atoms with Crippen LogP contribution in [-0.4, -0.2) is 12.1 Å². The Morgan fingerprint density at radius 3 is 1.22 bits per heavy atom. The van der Waals surface area contributed by atoms with E-state index < -0.39 is 0 Å². The van der Waals surface area contributed by atoms with Gasteiger partial charge < -0.3 is 11.5 Å². The Morgan fingerprint density at radius 2 is 1.00 bits per heavy atom. The molecule has 58 valence electrons. The van der Waals surface area contributed by atoms with Gasteiger partial charge in [0, 0.05) is 33.1 Å². The van der Waals surface area contributed by atoms with Gasteiger partial charge in [-0.25, -0.2) is 0 Å². The summed E-state index contributed by atoms with van der Waals surface area (Å²) >= 11 is 0. The Kier molecular flexibility index (Phi) is 4.73. The number of nitrogens with two attached hydrogens (primary N) is 2. The molecule has 0 spiro atoms. The number of rotatable bonds is 0. The van der Waals surface area contributed by atoms with E-state index in [0.29, 0.717) is 12.1 Å². The van der Waals surface area contributed by atoms with Gasteiger partial charge in [0.1, 0.15) is 0 Å². The van der Waals surface area contributed by atoms with Crippen LogP contribution in [0.2, 0.25) is 0 Å². The predicted molar refractivity (Wildman–Crippen MR) is 34.4 cm³/mol. The summed E-state index contributed by atoms with van der Waals surface area (Å²) < 4.78 is 0. The summed E-state index contributed by atoms with van der Waals surface area (Å²) in [5, 5.41) is 0. The van der Waals surface area contributed by atoms with Crippen LogP contribution in [0.5, 0.6) is 0 Å². The first-order valence-electron chi connectivity index (χ1n) is 3.30. The monoisotopic (exact) mass is 309 g/mol. The second kappa shape index (κ2) is 4.43. The third-order valence-corrected chi connectivity index (χ3v) is 1.82. The van der Waals surface area contributed by atoms with Crippen LogP contribution in [0.15, 0.2) is 0 Å². The SMILES string of the molecule is NC1CCC(N)CC1.[Pt]. The minimum Gasteiger partial charge on any atom is -0.328 e. The Morgan fingerprint density at radius 1 is 0.778 bits per heavy atom. The van der Waals surface area contributed by atoms with Crippen molar-refractivity contribution in [2.45, 2.75) is 37.8 Å². The molecule has 0 heterocycles. The predicted octanol–water partition coefficient (Wildman–Crippen LogP) is 0.212. The van der Waals surface area contributed by atoms with Crippen molar-refractivity contribution in [1.29, 1.82) is 0 Å². The minimum atomic E-state index is 0. The van der Waals surface area contributed by atoms with E-state index in [1.54, 1.807) is 0 Å². The molecule has 0 bridgehead atoms. The van der Waals surface area contributed by atoms with Crippen LogP contribution < -0.4 is 11.5 Å². The van der Waals surface area contributed by atoms with Crippen molar-refractivity contribution in [3.63, 3.8) is 0 Å².